The van der Waals surface area contributed by atoms with Crippen molar-refractivity contribution < 1.29 is 14.3 Å². The third-order valence-corrected chi connectivity index (χ3v) is 7.48. The molecule has 6 rings (SSSR count). The van der Waals surface area contributed by atoms with Crippen molar-refractivity contribution >= 4 is 5.97 Å². The van der Waals surface area contributed by atoms with E-state index < -0.39 is 0 Å². The van der Waals surface area contributed by atoms with Crippen LogP contribution >= 0.6 is 0 Å². The highest BCUT2D eigenvalue weighted by Crippen LogP contribution is 2.64. The molecule has 0 unspecified atom stereocenters. The Bertz CT molecular complexity index is 822. The van der Waals surface area contributed by atoms with E-state index in [1.807, 2.05) is 12.1 Å². The molecule has 4 fully saturated rings. The lowest BCUT2D eigenvalue weighted by atomic mass is 9.46. The van der Waals surface area contributed by atoms with E-state index >= 15 is 0 Å². The number of ether oxygens (including phenoxy) is 2. The average Bonchev–Trinajstić information content (AvgIpc) is 2.68. The summed E-state index contributed by atoms with van der Waals surface area (Å²) in [6.45, 7) is 1.45. The molecule has 0 saturated heterocycles. The van der Waals surface area contributed by atoms with Crippen molar-refractivity contribution in [3.05, 3.63) is 59.7 Å². The van der Waals surface area contributed by atoms with Crippen molar-refractivity contribution in [2.75, 3.05) is 7.11 Å². The van der Waals surface area contributed by atoms with E-state index in [4.69, 9.17) is 9.47 Å². The third-order valence-electron chi connectivity index (χ3n) is 7.48. The highest BCUT2D eigenvalue weighted by molar-refractivity contribution is 5.69. The molecular weight excluding hydrogens is 348 g/mol. The van der Waals surface area contributed by atoms with E-state index in [0.29, 0.717) is 11.7 Å². The number of esters is 1. The van der Waals surface area contributed by atoms with E-state index in [9.17, 15) is 4.79 Å². The summed E-state index contributed by atoms with van der Waals surface area (Å²) in [7, 11) is 1.73. The van der Waals surface area contributed by atoms with Crippen LogP contribution in [-0.4, -0.2) is 13.1 Å². The van der Waals surface area contributed by atoms with Crippen LogP contribution in [-0.2, 0) is 4.79 Å². The molecule has 0 aliphatic heterocycles. The monoisotopic (exact) mass is 376 g/mol. The van der Waals surface area contributed by atoms with E-state index in [0.717, 1.165) is 35.3 Å². The Morgan fingerprint density at radius 1 is 0.714 bits per heavy atom. The molecule has 0 N–H and O–H groups in total. The highest BCUT2D eigenvalue weighted by atomic mass is 16.5. The maximum Gasteiger partial charge on any atom is 0.308 e. The fraction of sp³-hybridized carbons (Fsp3) is 0.480. The molecule has 28 heavy (non-hydrogen) atoms. The molecule has 4 saturated carbocycles. The number of carbonyl (C=O) groups is 1. The minimum Gasteiger partial charge on any atom is -0.497 e. The zero-order valence-corrected chi connectivity index (χ0v) is 16.6. The molecular formula is C25H28O3. The molecule has 4 aliphatic carbocycles. The van der Waals surface area contributed by atoms with E-state index in [1.165, 1.54) is 43.7 Å². The number of carbonyl (C=O) groups excluding carboxylic acids is 1. The van der Waals surface area contributed by atoms with Crippen molar-refractivity contribution in [3.63, 3.8) is 0 Å². The van der Waals surface area contributed by atoms with Gasteiger partial charge < -0.3 is 9.47 Å². The van der Waals surface area contributed by atoms with Gasteiger partial charge in [0.05, 0.1) is 7.11 Å². The second kappa shape index (κ2) is 6.95. The van der Waals surface area contributed by atoms with Crippen molar-refractivity contribution in [3.8, 4) is 11.5 Å². The largest absolute Gasteiger partial charge is 0.497 e. The number of hydrogen-bond donors (Lipinski definition) is 0. The molecule has 4 bridgehead atoms. The Kier molecular flexibility index (Phi) is 4.41. The van der Waals surface area contributed by atoms with Crippen LogP contribution < -0.4 is 9.47 Å². The van der Waals surface area contributed by atoms with Crippen LogP contribution in [0.1, 0.15) is 55.6 Å². The smallest absolute Gasteiger partial charge is 0.308 e. The Morgan fingerprint density at radius 2 is 1.11 bits per heavy atom. The van der Waals surface area contributed by atoms with Gasteiger partial charge in [0.25, 0.3) is 0 Å². The Morgan fingerprint density at radius 3 is 1.46 bits per heavy atom. The summed E-state index contributed by atoms with van der Waals surface area (Å²) in [5.41, 5.74) is 2.95. The molecule has 0 spiro atoms. The second-order valence-electron chi connectivity index (χ2n) is 8.97. The maximum atomic E-state index is 11.2. The van der Waals surface area contributed by atoms with Crippen LogP contribution in [0.5, 0.6) is 11.5 Å². The number of methoxy groups -OCH3 is 1. The third kappa shape index (κ3) is 3.01. The summed E-state index contributed by atoms with van der Waals surface area (Å²) >= 11 is 0. The van der Waals surface area contributed by atoms with Gasteiger partial charge >= 0.3 is 5.97 Å². The van der Waals surface area contributed by atoms with Crippen LogP contribution in [0.4, 0.5) is 0 Å². The van der Waals surface area contributed by atoms with Crippen molar-refractivity contribution in [2.45, 2.75) is 44.4 Å². The standard InChI is InChI=1S/C25H28O3/c1-15(26)28-23-9-5-17(6-10-23)25-20-11-18-12-21(25)14-19(13-20)24(18)16-3-7-22(27-2)8-4-16/h3-10,18-21,24-25H,11-14H2,1-2H3. The lowest BCUT2D eigenvalue weighted by Gasteiger charge is -2.58. The summed E-state index contributed by atoms with van der Waals surface area (Å²) in [5.74, 6) is 6.01. The Hall–Kier alpha value is -2.29. The summed E-state index contributed by atoms with van der Waals surface area (Å²) in [6.07, 6.45) is 5.39. The van der Waals surface area contributed by atoms with Gasteiger partial charge in [0.2, 0.25) is 0 Å². The summed E-state index contributed by atoms with van der Waals surface area (Å²) in [4.78, 5) is 11.2. The topological polar surface area (TPSA) is 35.5 Å². The van der Waals surface area contributed by atoms with Gasteiger partial charge in [-0.2, -0.15) is 0 Å². The fourth-order valence-electron chi connectivity index (χ4n) is 6.72. The minimum absolute atomic E-state index is 0.257. The van der Waals surface area contributed by atoms with Gasteiger partial charge in [-0.1, -0.05) is 24.3 Å². The second-order valence-corrected chi connectivity index (χ2v) is 8.97. The molecule has 0 radical (unpaired) electrons. The first-order valence-corrected chi connectivity index (χ1v) is 10.5. The summed E-state index contributed by atoms with van der Waals surface area (Å²) in [6, 6.07) is 17.1. The molecule has 0 atom stereocenters. The summed E-state index contributed by atoms with van der Waals surface area (Å²) in [5, 5.41) is 0. The molecule has 2 aromatic rings. The van der Waals surface area contributed by atoms with E-state index in [1.54, 1.807) is 7.11 Å². The highest BCUT2D eigenvalue weighted by Gasteiger charge is 2.53. The van der Waals surface area contributed by atoms with E-state index in [-0.39, 0.29) is 5.97 Å². The zero-order chi connectivity index (χ0) is 19.3. The SMILES string of the molecule is COc1ccc(C2C3CC4CC2CC(C3)C4c2ccc(OC(C)=O)cc2)cc1. The normalized spacial score (nSPS) is 32.9. The lowest BCUT2D eigenvalue weighted by molar-refractivity contribution is -0.131. The average molecular weight is 376 g/mol. The number of benzene rings is 2. The van der Waals surface area contributed by atoms with Crippen LogP contribution in [0.15, 0.2) is 48.5 Å². The molecule has 146 valence electrons. The van der Waals surface area contributed by atoms with Gasteiger partial charge in [-0.3, -0.25) is 4.79 Å². The van der Waals surface area contributed by atoms with Crippen molar-refractivity contribution in [1.82, 2.24) is 0 Å². The van der Waals surface area contributed by atoms with Gasteiger partial charge in [-0.15, -0.1) is 0 Å². The van der Waals surface area contributed by atoms with Gasteiger partial charge in [-0.05, 0) is 96.6 Å². The van der Waals surface area contributed by atoms with Crippen LogP contribution in [0, 0.1) is 23.7 Å². The molecule has 3 nitrogen and oxygen atoms in total. The van der Waals surface area contributed by atoms with Gasteiger partial charge in [0, 0.05) is 6.92 Å². The molecule has 0 amide bonds. The predicted octanol–water partition coefficient (Wildman–Crippen LogP) is 5.55. The van der Waals surface area contributed by atoms with Crippen LogP contribution in [0.3, 0.4) is 0 Å². The summed E-state index contributed by atoms with van der Waals surface area (Å²) < 4.78 is 10.5. The van der Waals surface area contributed by atoms with Crippen molar-refractivity contribution in [2.24, 2.45) is 23.7 Å². The first-order chi connectivity index (χ1) is 13.6. The van der Waals surface area contributed by atoms with E-state index in [2.05, 4.69) is 36.4 Å². The van der Waals surface area contributed by atoms with Crippen molar-refractivity contribution in [1.29, 1.82) is 0 Å². The Labute approximate surface area is 167 Å². The quantitative estimate of drug-likeness (QED) is 0.518. The van der Waals surface area contributed by atoms with Gasteiger partial charge in [0.15, 0.2) is 0 Å². The fourth-order valence-corrected chi connectivity index (χ4v) is 6.72. The molecule has 0 aromatic heterocycles. The minimum atomic E-state index is -0.257. The first-order valence-electron chi connectivity index (χ1n) is 10.5. The lowest BCUT2D eigenvalue weighted by Crippen LogP contribution is -2.47. The first kappa shape index (κ1) is 17.8. The molecule has 4 aliphatic rings. The number of rotatable bonds is 4. The Balaban J connectivity index is 1.34. The molecule has 2 aromatic carbocycles. The van der Waals surface area contributed by atoms with Crippen LogP contribution in [0.25, 0.3) is 0 Å². The maximum absolute atomic E-state index is 11.2. The van der Waals surface area contributed by atoms with Gasteiger partial charge in [-0.25, -0.2) is 0 Å². The van der Waals surface area contributed by atoms with Gasteiger partial charge in [0.1, 0.15) is 11.5 Å². The molecule has 0 heterocycles. The number of hydrogen-bond acceptors (Lipinski definition) is 3. The zero-order valence-electron chi connectivity index (χ0n) is 16.6. The predicted molar refractivity (Wildman–Crippen MR) is 109 cm³/mol. The molecule has 3 heteroatoms. The van der Waals surface area contributed by atoms with Crippen LogP contribution in [0.2, 0.25) is 0 Å².